The monoisotopic (exact) mass is 271 g/mol. The quantitative estimate of drug-likeness (QED) is 0.633. The van der Waals surface area contributed by atoms with E-state index in [2.05, 4.69) is 4.99 Å². The number of benzene rings is 1. The molecular weight excluding hydrogens is 259 g/mol. The first-order valence-electron chi connectivity index (χ1n) is 5.59. The number of hydrogen-bond acceptors (Lipinski definition) is 1. The summed E-state index contributed by atoms with van der Waals surface area (Å²) in [5.41, 5.74) is 10.2. The van der Waals surface area contributed by atoms with Crippen LogP contribution in [0.5, 0.6) is 0 Å². The van der Waals surface area contributed by atoms with Gasteiger partial charge in [-0.25, -0.2) is 0 Å². The second-order valence-corrected chi connectivity index (χ2v) is 4.44. The number of hydrogen-bond donors (Lipinski definition) is 2. The Balaban J connectivity index is 2.06. The van der Waals surface area contributed by atoms with E-state index in [9.17, 15) is 18.0 Å². The molecule has 1 amide bonds. The highest BCUT2D eigenvalue weighted by atomic mass is 19.4. The van der Waals surface area contributed by atoms with E-state index in [1.807, 2.05) is 0 Å². The first-order valence-corrected chi connectivity index (χ1v) is 5.59. The minimum Gasteiger partial charge on any atom is -0.370 e. The van der Waals surface area contributed by atoms with Gasteiger partial charge < -0.3 is 11.5 Å². The van der Waals surface area contributed by atoms with Gasteiger partial charge in [-0.3, -0.25) is 4.79 Å². The second kappa shape index (κ2) is 4.56. The molecule has 0 radical (unpaired) electrons. The van der Waals surface area contributed by atoms with Crippen LogP contribution in [0, 0.1) is 5.92 Å². The molecule has 0 bridgehead atoms. The van der Waals surface area contributed by atoms with E-state index in [4.69, 9.17) is 11.5 Å². The molecule has 4 nitrogen and oxygen atoms in total. The molecule has 2 unspecified atom stereocenters. The van der Waals surface area contributed by atoms with Gasteiger partial charge in [0.05, 0.1) is 5.56 Å². The topological polar surface area (TPSA) is 81.5 Å². The van der Waals surface area contributed by atoms with E-state index in [-0.39, 0.29) is 17.8 Å². The van der Waals surface area contributed by atoms with Crippen molar-refractivity contribution in [3.8, 4) is 0 Å². The summed E-state index contributed by atoms with van der Waals surface area (Å²) >= 11 is 0. The molecule has 4 N–H and O–H groups in total. The molecule has 1 aromatic carbocycles. The Kier molecular flexibility index (Phi) is 3.21. The maximum atomic E-state index is 12.4. The van der Waals surface area contributed by atoms with E-state index in [1.54, 1.807) is 0 Å². The summed E-state index contributed by atoms with van der Waals surface area (Å²) in [6, 6.07) is 4.79. The molecule has 2 rings (SSSR count). The van der Waals surface area contributed by atoms with Gasteiger partial charge in [0.25, 0.3) is 5.91 Å². The molecule has 0 heterocycles. The molecular formula is C12H12F3N3O. The molecule has 1 aromatic rings. The lowest BCUT2D eigenvalue weighted by Gasteiger charge is -2.07. The van der Waals surface area contributed by atoms with Crippen molar-refractivity contribution in [2.45, 2.75) is 18.5 Å². The molecule has 2 atom stereocenters. The number of nitrogens with zero attached hydrogens (tertiary/aromatic N) is 1. The highest BCUT2D eigenvalue weighted by molar-refractivity contribution is 5.94. The Labute approximate surface area is 107 Å². The van der Waals surface area contributed by atoms with Crippen LogP contribution >= 0.6 is 0 Å². The maximum absolute atomic E-state index is 12.4. The van der Waals surface area contributed by atoms with Crippen molar-refractivity contribution in [1.82, 2.24) is 0 Å². The van der Waals surface area contributed by atoms with E-state index >= 15 is 0 Å². The summed E-state index contributed by atoms with van der Waals surface area (Å²) in [7, 11) is 0. The van der Waals surface area contributed by atoms with Gasteiger partial charge in [0.1, 0.15) is 0 Å². The van der Waals surface area contributed by atoms with E-state index < -0.39 is 17.6 Å². The highest BCUT2D eigenvalue weighted by Gasteiger charge is 2.44. The summed E-state index contributed by atoms with van der Waals surface area (Å²) in [6.07, 6.45) is -3.80. The fourth-order valence-corrected chi connectivity index (χ4v) is 1.97. The Morgan fingerprint density at radius 2 is 1.79 bits per heavy atom. The highest BCUT2D eigenvalue weighted by Crippen LogP contribution is 2.48. The minimum absolute atomic E-state index is 0.0992. The van der Waals surface area contributed by atoms with Crippen LogP contribution < -0.4 is 11.5 Å². The van der Waals surface area contributed by atoms with Crippen molar-refractivity contribution in [3.05, 3.63) is 35.4 Å². The smallest absolute Gasteiger partial charge is 0.370 e. The molecule has 102 valence electrons. The zero-order valence-corrected chi connectivity index (χ0v) is 9.82. The molecule has 1 fully saturated rings. The fourth-order valence-electron chi connectivity index (χ4n) is 1.97. The third-order valence-corrected chi connectivity index (χ3v) is 3.01. The maximum Gasteiger partial charge on any atom is 0.416 e. The number of guanidine groups is 1. The lowest BCUT2D eigenvalue weighted by Crippen LogP contribution is -2.24. The number of rotatable bonds is 2. The molecule has 0 spiro atoms. The number of carbonyl (C=O) groups excluding carboxylic acids is 1. The number of aliphatic imine (C=N–C) groups is 1. The number of nitrogens with two attached hydrogens (primary N) is 2. The molecule has 0 saturated heterocycles. The van der Waals surface area contributed by atoms with Gasteiger partial charge in [0, 0.05) is 5.92 Å². The first-order chi connectivity index (χ1) is 8.79. The molecule has 0 aromatic heterocycles. The first kappa shape index (κ1) is 13.4. The van der Waals surface area contributed by atoms with Gasteiger partial charge in [-0.1, -0.05) is 12.1 Å². The summed E-state index contributed by atoms with van der Waals surface area (Å²) in [6.45, 7) is 0. The minimum atomic E-state index is -4.35. The third kappa shape index (κ3) is 3.04. The zero-order chi connectivity index (χ0) is 14.2. The van der Waals surface area contributed by atoms with Crippen molar-refractivity contribution in [3.63, 3.8) is 0 Å². The van der Waals surface area contributed by atoms with Gasteiger partial charge in [0.2, 0.25) is 0 Å². The van der Waals surface area contributed by atoms with Crippen LogP contribution in [0.1, 0.15) is 23.5 Å². The fraction of sp³-hybridized carbons (Fsp3) is 0.333. The average Bonchev–Trinajstić information content (AvgIpc) is 3.07. The van der Waals surface area contributed by atoms with Crippen LogP contribution in [0.15, 0.2) is 29.3 Å². The number of halogens is 3. The molecule has 1 saturated carbocycles. The molecule has 1 aliphatic rings. The second-order valence-electron chi connectivity index (χ2n) is 4.44. The SMILES string of the molecule is NC(N)=NC(=O)C1CC1c1ccc(C(F)(F)F)cc1. The summed E-state index contributed by atoms with van der Waals surface area (Å²) in [5.74, 6) is -1.16. The van der Waals surface area contributed by atoms with E-state index in [0.29, 0.717) is 12.0 Å². The normalized spacial score (nSPS) is 21.8. The summed E-state index contributed by atoms with van der Waals surface area (Å²) in [4.78, 5) is 14.9. The van der Waals surface area contributed by atoms with E-state index in [0.717, 1.165) is 12.1 Å². The van der Waals surface area contributed by atoms with Crippen molar-refractivity contribution in [1.29, 1.82) is 0 Å². The van der Waals surface area contributed by atoms with Crippen LogP contribution in [0.4, 0.5) is 13.2 Å². The van der Waals surface area contributed by atoms with Gasteiger partial charge >= 0.3 is 6.18 Å². The lowest BCUT2D eigenvalue weighted by molar-refractivity contribution is -0.137. The van der Waals surface area contributed by atoms with Gasteiger partial charge in [-0.15, -0.1) is 0 Å². The number of alkyl halides is 3. The van der Waals surface area contributed by atoms with Crippen LogP contribution in [0.25, 0.3) is 0 Å². The molecule has 7 heteroatoms. The van der Waals surface area contributed by atoms with Crippen molar-refractivity contribution in [2.24, 2.45) is 22.4 Å². The summed E-state index contributed by atoms with van der Waals surface area (Å²) < 4.78 is 37.2. The predicted molar refractivity (Wildman–Crippen MR) is 63.1 cm³/mol. The Bertz CT molecular complexity index is 518. The molecule has 19 heavy (non-hydrogen) atoms. The predicted octanol–water partition coefficient (Wildman–Crippen LogP) is 1.61. The number of carbonyl (C=O) groups is 1. The van der Waals surface area contributed by atoms with Gasteiger partial charge in [-0.2, -0.15) is 18.2 Å². The van der Waals surface area contributed by atoms with Gasteiger partial charge in [-0.05, 0) is 30.0 Å². The van der Waals surface area contributed by atoms with Crippen molar-refractivity contribution in [2.75, 3.05) is 0 Å². The van der Waals surface area contributed by atoms with Gasteiger partial charge in [0.15, 0.2) is 5.96 Å². The Hall–Kier alpha value is -2.05. The van der Waals surface area contributed by atoms with Crippen LogP contribution in [-0.4, -0.2) is 11.9 Å². The average molecular weight is 271 g/mol. The van der Waals surface area contributed by atoms with Crippen molar-refractivity contribution < 1.29 is 18.0 Å². The number of amides is 1. The standard InChI is InChI=1S/C12H12F3N3O/c13-12(14,15)7-3-1-6(2-4-7)8-5-9(8)10(19)18-11(16)17/h1-4,8-9H,5H2,(H4,16,17,18,19). The van der Waals surface area contributed by atoms with Crippen molar-refractivity contribution >= 4 is 11.9 Å². The lowest BCUT2D eigenvalue weighted by atomic mass is 10.1. The molecule has 1 aliphatic carbocycles. The zero-order valence-electron chi connectivity index (χ0n) is 9.82. The Morgan fingerprint density at radius 3 is 2.26 bits per heavy atom. The van der Waals surface area contributed by atoms with Crippen LogP contribution in [-0.2, 0) is 11.0 Å². The summed E-state index contributed by atoms with van der Waals surface area (Å²) in [5, 5.41) is 0. The van der Waals surface area contributed by atoms with Crippen LogP contribution in [0.3, 0.4) is 0 Å². The third-order valence-electron chi connectivity index (χ3n) is 3.01. The largest absolute Gasteiger partial charge is 0.416 e. The Morgan fingerprint density at radius 1 is 1.21 bits per heavy atom. The molecule has 0 aliphatic heterocycles. The van der Waals surface area contributed by atoms with Crippen LogP contribution in [0.2, 0.25) is 0 Å². The van der Waals surface area contributed by atoms with E-state index in [1.165, 1.54) is 12.1 Å².